The van der Waals surface area contributed by atoms with E-state index in [1.807, 2.05) is 0 Å². The number of hydrogen-bond acceptors (Lipinski definition) is 0. The molecule has 0 heterocycles. The van der Waals surface area contributed by atoms with Gasteiger partial charge in [-0.25, -0.2) is 0 Å². The summed E-state index contributed by atoms with van der Waals surface area (Å²) in [7, 11) is 0. The van der Waals surface area contributed by atoms with Crippen LogP contribution < -0.4 is 0 Å². The van der Waals surface area contributed by atoms with Crippen LogP contribution >= 0.6 is 0 Å². The van der Waals surface area contributed by atoms with Gasteiger partial charge in [0, 0.05) is 42.1 Å². The van der Waals surface area contributed by atoms with Gasteiger partial charge in [-0.3, -0.25) is 0 Å². The predicted molar refractivity (Wildman–Crippen MR) is 51.6 cm³/mol. The summed E-state index contributed by atoms with van der Waals surface area (Å²) in [5.74, 6) is 0. The van der Waals surface area contributed by atoms with Crippen LogP contribution in [-0.2, 0) is 153 Å². The second-order valence-corrected chi connectivity index (χ2v) is 0. The molecule has 0 aromatic rings. The molecular weight excluding hydrogens is 563 g/mol. The average Bonchev–Trinajstić information content (AvgIpc) is 0. The molecule has 10 heteroatoms. The van der Waals surface area contributed by atoms with Crippen LogP contribution in [0.3, 0.4) is 0 Å². The standard InChI is InChI=1S/Co.Mo.7S.W/q+2;;7*-2;. The van der Waals surface area contributed by atoms with Crippen molar-refractivity contribution < 1.29 is 58.9 Å². The van der Waals surface area contributed by atoms with Crippen molar-refractivity contribution in [3.63, 3.8) is 0 Å². The molecule has 0 N–H and O–H groups in total. The van der Waals surface area contributed by atoms with E-state index in [-0.39, 0.29) is 153 Å². The average molecular weight is 563 g/mol. The maximum Gasteiger partial charge on any atom is 2.00 e. The normalized spacial score (nSPS) is 0. The van der Waals surface area contributed by atoms with Gasteiger partial charge in [0.25, 0.3) is 0 Å². The van der Waals surface area contributed by atoms with Crippen LogP contribution in [0.4, 0.5) is 0 Å². The summed E-state index contributed by atoms with van der Waals surface area (Å²) in [6, 6.07) is 0. The van der Waals surface area contributed by atoms with Crippen LogP contribution in [0.25, 0.3) is 0 Å². The number of hydrogen-bond donors (Lipinski definition) is 0. The summed E-state index contributed by atoms with van der Waals surface area (Å²) in [5.41, 5.74) is 0. The van der Waals surface area contributed by atoms with Crippen molar-refractivity contribution in [1.82, 2.24) is 0 Å². The van der Waals surface area contributed by atoms with E-state index in [0.717, 1.165) is 0 Å². The van der Waals surface area contributed by atoms with Crippen molar-refractivity contribution in [2.75, 3.05) is 0 Å². The third-order valence-corrected chi connectivity index (χ3v) is 0. The van der Waals surface area contributed by atoms with Gasteiger partial charge in [0.2, 0.25) is 0 Å². The molecule has 0 rings (SSSR count). The minimum atomic E-state index is 0. The zero-order valence-corrected chi connectivity index (χ0v) is 15.7. The first-order chi connectivity index (χ1) is 0. The molecule has 0 bridgehead atoms. The molecule has 1 radical (unpaired) electrons. The van der Waals surface area contributed by atoms with Crippen molar-refractivity contribution in [1.29, 1.82) is 0 Å². The first-order valence-electron chi connectivity index (χ1n) is 0. The zero-order valence-electron chi connectivity index (χ0n) is 4.01. The summed E-state index contributed by atoms with van der Waals surface area (Å²) in [6.07, 6.45) is 0. The van der Waals surface area contributed by atoms with Crippen LogP contribution in [0.1, 0.15) is 0 Å². The summed E-state index contributed by atoms with van der Waals surface area (Å²) >= 11 is 0. The first-order valence-corrected chi connectivity index (χ1v) is 0. The van der Waals surface area contributed by atoms with Crippen LogP contribution in [0.15, 0.2) is 0 Å². The molecule has 0 atom stereocenters. The van der Waals surface area contributed by atoms with Gasteiger partial charge in [-0.15, -0.1) is 0 Å². The Bertz CT molecular complexity index is 13.6. The molecule has 0 saturated carbocycles. The minimum Gasteiger partial charge on any atom is -2.00 e. The smallest absolute Gasteiger partial charge is 2.00 e. The molecule has 0 aromatic carbocycles. The van der Waals surface area contributed by atoms with Crippen molar-refractivity contribution >= 4 is 94.5 Å². The molecule has 0 saturated heterocycles. The molecule has 0 nitrogen and oxygen atoms in total. The van der Waals surface area contributed by atoms with E-state index in [1.54, 1.807) is 0 Å². The molecule has 10 heavy (non-hydrogen) atoms. The van der Waals surface area contributed by atoms with Gasteiger partial charge in [-0.2, -0.15) is 0 Å². The summed E-state index contributed by atoms with van der Waals surface area (Å²) in [6.45, 7) is 0. The quantitative estimate of drug-likeness (QED) is 0.364. The Morgan fingerprint density at radius 3 is 0.400 bits per heavy atom. The van der Waals surface area contributed by atoms with Crippen molar-refractivity contribution in [2.24, 2.45) is 0 Å². The molecule has 0 aliphatic rings. The molecule has 75 valence electrons. The van der Waals surface area contributed by atoms with Crippen LogP contribution in [0.2, 0.25) is 0 Å². The van der Waals surface area contributed by atoms with E-state index in [4.69, 9.17) is 0 Å². The van der Waals surface area contributed by atoms with Gasteiger partial charge in [-0.05, 0) is 0 Å². The Balaban J connectivity index is 0. The van der Waals surface area contributed by atoms with Crippen molar-refractivity contribution in [2.45, 2.75) is 0 Å². The Morgan fingerprint density at radius 2 is 0.400 bits per heavy atom. The topological polar surface area (TPSA) is 0 Å². The van der Waals surface area contributed by atoms with Gasteiger partial charge in [-0.1, -0.05) is 0 Å². The van der Waals surface area contributed by atoms with E-state index in [0.29, 0.717) is 0 Å². The molecular formula is CoMoS7W-12. The third kappa shape index (κ3) is 84.4. The molecule has 0 aliphatic heterocycles. The predicted octanol–water partition coefficient (Wildman–Crippen LogP) is -0.0243. The minimum absolute atomic E-state index is 0. The van der Waals surface area contributed by atoms with Crippen LogP contribution in [0.5, 0.6) is 0 Å². The largest absolute Gasteiger partial charge is 2.00 e. The molecule has 0 spiro atoms. The molecule has 0 aromatic heterocycles. The zero-order chi connectivity index (χ0) is 0. The van der Waals surface area contributed by atoms with E-state index < -0.39 is 0 Å². The Kier molecular flexibility index (Phi) is 1470. The molecule has 0 aliphatic carbocycles. The van der Waals surface area contributed by atoms with E-state index >= 15 is 0 Å². The fraction of sp³-hybridized carbons (Fsp3) is 0. The van der Waals surface area contributed by atoms with Crippen LogP contribution in [-0.4, -0.2) is 0 Å². The van der Waals surface area contributed by atoms with Gasteiger partial charge < -0.3 is 94.5 Å². The Hall–Kier alpha value is 4.33. The van der Waals surface area contributed by atoms with E-state index in [2.05, 4.69) is 0 Å². The SMILES string of the molecule is [Co+2].[Mo].[S-2].[S-2].[S-2].[S-2].[S-2].[S-2].[S-2].[W]. The second kappa shape index (κ2) is 108. The summed E-state index contributed by atoms with van der Waals surface area (Å²) in [5, 5.41) is 0. The number of rotatable bonds is 0. The monoisotopic (exact) mass is 565 g/mol. The molecule has 0 amide bonds. The maximum atomic E-state index is 0. The van der Waals surface area contributed by atoms with Crippen molar-refractivity contribution in [3.05, 3.63) is 0 Å². The van der Waals surface area contributed by atoms with Gasteiger partial charge in [0.15, 0.2) is 0 Å². The Morgan fingerprint density at radius 1 is 0.400 bits per heavy atom. The maximum absolute atomic E-state index is 0. The molecule has 0 fully saturated rings. The first kappa shape index (κ1) is 136. The van der Waals surface area contributed by atoms with Gasteiger partial charge >= 0.3 is 16.8 Å². The summed E-state index contributed by atoms with van der Waals surface area (Å²) < 4.78 is 0. The van der Waals surface area contributed by atoms with Gasteiger partial charge in [0.1, 0.15) is 0 Å². The van der Waals surface area contributed by atoms with Crippen molar-refractivity contribution in [3.8, 4) is 0 Å². The van der Waals surface area contributed by atoms with E-state index in [1.165, 1.54) is 0 Å². The van der Waals surface area contributed by atoms with Gasteiger partial charge in [0.05, 0.1) is 0 Å². The fourth-order valence-corrected chi connectivity index (χ4v) is 0. The fourth-order valence-electron chi connectivity index (χ4n) is 0. The van der Waals surface area contributed by atoms with E-state index in [9.17, 15) is 0 Å². The third-order valence-electron chi connectivity index (χ3n) is 0. The van der Waals surface area contributed by atoms with Crippen LogP contribution in [0, 0.1) is 0 Å². The molecule has 0 unspecified atom stereocenters. The Labute approximate surface area is 151 Å². The summed E-state index contributed by atoms with van der Waals surface area (Å²) in [4.78, 5) is 0. The second-order valence-electron chi connectivity index (χ2n) is 0.